The van der Waals surface area contributed by atoms with E-state index in [0.29, 0.717) is 5.69 Å². The number of alkyl halides is 3. The van der Waals surface area contributed by atoms with Gasteiger partial charge in [0.2, 0.25) is 5.91 Å². The van der Waals surface area contributed by atoms with Gasteiger partial charge in [0, 0.05) is 29.9 Å². The molecule has 9 heteroatoms. The Morgan fingerprint density at radius 1 is 1.33 bits per heavy atom. The quantitative estimate of drug-likeness (QED) is 0.826. The maximum absolute atomic E-state index is 13.1. The van der Waals surface area contributed by atoms with Gasteiger partial charge < -0.3 is 5.32 Å². The molecule has 1 aliphatic rings. The molecule has 0 bridgehead atoms. The summed E-state index contributed by atoms with van der Waals surface area (Å²) in [5.74, 6) is -0.323. The molecule has 0 aliphatic heterocycles. The van der Waals surface area contributed by atoms with E-state index in [4.69, 9.17) is 0 Å². The summed E-state index contributed by atoms with van der Waals surface area (Å²) in [4.78, 5) is 12.7. The normalized spacial score (nSPS) is 17.0. The lowest BCUT2D eigenvalue weighted by Crippen LogP contribution is -2.34. The molecule has 1 saturated carbocycles. The minimum atomic E-state index is -4.52. The third-order valence-electron chi connectivity index (χ3n) is 4.93. The van der Waals surface area contributed by atoms with Gasteiger partial charge in [-0.25, -0.2) is 0 Å². The summed E-state index contributed by atoms with van der Waals surface area (Å²) < 4.78 is 42.2. The average molecular weight is 383 g/mol. The van der Waals surface area contributed by atoms with Crippen LogP contribution in [0.1, 0.15) is 74.3 Å². The predicted molar refractivity (Wildman–Crippen MR) is 93.1 cm³/mol. The highest BCUT2D eigenvalue weighted by Gasteiger charge is 2.39. The standard InChI is InChI=1S/C18H24F3N5O/c1-5-25-9-14(11(3)23-25)10(2)22-17(27)12(4)26-15(13-6-7-13)8-16(24-26)18(19,20)21/h8-10,12-13H,5-7H2,1-4H3,(H,22,27). The Morgan fingerprint density at radius 3 is 2.52 bits per heavy atom. The van der Waals surface area contributed by atoms with E-state index in [1.54, 1.807) is 11.6 Å². The van der Waals surface area contributed by atoms with Crippen LogP contribution in [0, 0.1) is 6.92 Å². The molecule has 3 rings (SSSR count). The monoisotopic (exact) mass is 383 g/mol. The molecule has 0 radical (unpaired) electrons. The van der Waals surface area contributed by atoms with Crippen molar-refractivity contribution in [3.63, 3.8) is 0 Å². The second-order valence-electron chi connectivity index (χ2n) is 7.10. The Morgan fingerprint density at radius 2 is 2.00 bits per heavy atom. The molecular weight excluding hydrogens is 359 g/mol. The van der Waals surface area contributed by atoms with Gasteiger partial charge in [0.05, 0.1) is 11.7 Å². The lowest BCUT2D eigenvalue weighted by atomic mass is 10.1. The Hall–Kier alpha value is -2.32. The van der Waals surface area contributed by atoms with Crippen molar-refractivity contribution in [2.75, 3.05) is 0 Å². The van der Waals surface area contributed by atoms with E-state index in [9.17, 15) is 18.0 Å². The fourth-order valence-electron chi connectivity index (χ4n) is 3.18. The summed E-state index contributed by atoms with van der Waals surface area (Å²) in [6.07, 6.45) is -1.01. The molecule has 2 atom stereocenters. The summed E-state index contributed by atoms with van der Waals surface area (Å²) in [7, 11) is 0. The van der Waals surface area contributed by atoms with E-state index < -0.39 is 17.9 Å². The Bertz CT molecular complexity index is 835. The fourth-order valence-corrected chi connectivity index (χ4v) is 3.18. The molecule has 2 aromatic rings. The highest BCUT2D eigenvalue weighted by Crippen LogP contribution is 2.43. The van der Waals surface area contributed by atoms with Crippen molar-refractivity contribution < 1.29 is 18.0 Å². The lowest BCUT2D eigenvalue weighted by molar-refractivity contribution is -0.142. The second kappa shape index (κ2) is 7.01. The number of carbonyl (C=O) groups excluding carboxylic acids is 1. The highest BCUT2D eigenvalue weighted by molar-refractivity contribution is 5.80. The van der Waals surface area contributed by atoms with Gasteiger partial charge in [-0.2, -0.15) is 23.4 Å². The van der Waals surface area contributed by atoms with Crippen LogP contribution in [0.3, 0.4) is 0 Å². The second-order valence-corrected chi connectivity index (χ2v) is 7.10. The van der Waals surface area contributed by atoms with E-state index in [1.807, 2.05) is 27.0 Å². The van der Waals surface area contributed by atoms with E-state index in [1.165, 1.54) is 4.68 Å². The topological polar surface area (TPSA) is 64.7 Å². The number of nitrogens with zero attached hydrogens (tertiary/aromatic N) is 4. The van der Waals surface area contributed by atoms with Crippen molar-refractivity contribution in [2.45, 2.75) is 71.3 Å². The number of rotatable bonds is 6. The first kappa shape index (κ1) is 19.4. The Kier molecular flexibility index (Phi) is 5.05. The van der Waals surface area contributed by atoms with Crippen LogP contribution in [0.4, 0.5) is 13.2 Å². The maximum atomic E-state index is 13.1. The molecule has 1 amide bonds. The smallest absolute Gasteiger partial charge is 0.348 e. The summed E-state index contributed by atoms with van der Waals surface area (Å²) in [6.45, 7) is 7.96. The summed E-state index contributed by atoms with van der Waals surface area (Å²) >= 11 is 0. The van der Waals surface area contributed by atoms with Gasteiger partial charge in [-0.3, -0.25) is 14.2 Å². The van der Waals surface area contributed by atoms with E-state index in [0.717, 1.165) is 36.7 Å². The molecular formula is C18H24F3N5O. The number of hydrogen-bond donors (Lipinski definition) is 1. The van der Waals surface area contributed by atoms with Gasteiger partial charge >= 0.3 is 6.18 Å². The largest absolute Gasteiger partial charge is 0.435 e. The van der Waals surface area contributed by atoms with Crippen molar-refractivity contribution in [2.24, 2.45) is 0 Å². The third kappa shape index (κ3) is 4.01. The van der Waals surface area contributed by atoms with Crippen LogP contribution >= 0.6 is 0 Å². The molecule has 0 aromatic carbocycles. The van der Waals surface area contributed by atoms with Crippen LogP contribution in [0.2, 0.25) is 0 Å². The van der Waals surface area contributed by atoms with Crippen molar-refractivity contribution in [1.29, 1.82) is 0 Å². The number of halogens is 3. The van der Waals surface area contributed by atoms with Gasteiger partial charge in [-0.1, -0.05) is 0 Å². The first-order valence-electron chi connectivity index (χ1n) is 9.12. The van der Waals surface area contributed by atoms with Crippen molar-refractivity contribution in [3.05, 3.63) is 34.9 Å². The fraction of sp³-hybridized carbons (Fsp3) is 0.611. The molecule has 6 nitrogen and oxygen atoms in total. The summed E-state index contributed by atoms with van der Waals surface area (Å²) in [6, 6.07) is -0.0664. The SMILES string of the molecule is CCn1cc(C(C)NC(=O)C(C)n2nc(C(F)(F)F)cc2C2CC2)c(C)n1. The van der Waals surface area contributed by atoms with Gasteiger partial charge in [0.15, 0.2) is 5.69 Å². The molecule has 2 heterocycles. The molecule has 2 aromatic heterocycles. The van der Waals surface area contributed by atoms with Gasteiger partial charge in [-0.05, 0) is 46.6 Å². The molecule has 148 valence electrons. The van der Waals surface area contributed by atoms with Crippen LogP contribution in [-0.4, -0.2) is 25.5 Å². The molecule has 2 unspecified atom stereocenters. The summed E-state index contributed by atoms with van der Waals surface area (Å²) in [5.41, 5.74) is 1.23. The molecule has 0 saturated heterocycles. The van der Waals surface area contributed by atoms with E-state index >= 15 is 0 Å². The molecule has 1 N–H and O–H groups in total. The molecule has 0 spiro atoms. The highest BCUT2D eigenvalue weighted by atomic mass is 19.4. The third-order valence-corrected chi connectivity index (χ3v) is 4.93. The number of nitrogens with one attached hydrogen (secondary N) is 1. The number of aromatic nitrogens is 4. The maximum Gasteiger partial charge on any atom is 0.435 e. The van der Waals surface area contributed by atoms with Crippen LogP contribution in [0.5, 0.6) is 0 Å². The van der Waals surface area contributed by atoms with Gasteiger partial charge in [-0.15, -0.1) is 0 Å². The minimum Gasteiger partial charge on any atom is -0.348 e. The number of hydrogen-bond acceptors (Lipinski definition) is 3. The zero-order chi connectivity index (χ0) is 19.9. The van der Waals surface area contributed by atoms with Crippen LogP contribution in [0.25, 0.3) is 0 Å². The van der Waals surface area contributed by atoms with E-state index in [-0.39, 0.29) is 17.9 Å². The molecule has 27 heavy (non-hydrogen) atoms. The van der Waals surface area contributed by atoms with Gasteiger partial charge in [0.1, 0.15) is 6.04 Å². The van der Waals surface area contributed by atoms with Crippen LogP contribution in [-0.2, 0) is 17.5 Å². The number of carbonyl (C=O) groups is 1. The Labute approximate surface area is 155 Å². The van der Waals surface area contributed by atoms with Gasteiger partial charge in [0.25, 0.3) is 0 Å². The average Bonchev–Trinajstić information content (AvgIpc) is 3.21. The number of amides is 1. The van der Waals surface area contributed by atoms with E-state index in [2.05, 4.69) is 15.5 Å². The lowest BCUT2D eigenvalue weighted by Gasteiger charge is -2.19. The molecule has 1 aliphatic carbocycles. The first-order chi connectivity index (χ1) is 12.6. The zero-order valence-electron chi connectivity index (χ0n) is 15.8. The first-order valence-corrected chi connectivity index (χ1v) is 9.12. The predicted octanol–water partition coefficient (Wildman–Crippen LogP) is 3.74. The zero-order valence-corrected chi connectivity index (χ0v) is 15.8. The summed E-state index contributed by atoms with van der Waals surface area (Å²) in [5, 5.41) is 10.9. The van der Waals surface area contributed by atoms with Crippen LogP contribution < -0.4 is 5.32 Å². The van der Waals surface area contributed by atoms with Crippen molar-refractivity contribution in [1.82, 2.24) is 24.9 Å². The Balaban J connectivity index is 1.79. The van der Waals surface area contributed by atoms with Crippen molar-refractivity contribution >= 4 is 5.91 Å². The minimum absolute atomic E-state index is 0.0475. The van der Waals surface area contributed by atoms with Crippen molar-refractivity contribution in [3.8, 4) is 0 Å². The molecule has 1 fully saturated rings. The number of aryl methyl sites for hydroxylation is 2. The van der Waals surface area contributed by atoms with Crippen LogP contribution in [0.15, 0.2) is 12.3 Å².